The second-order valence-corrected chi connectivity index (χ2v) is 7.23. The van der Waals surface area contributed by atoms with E-state index in [9.17, 15) is 9.59 Å². The van der Waals surface area contributed by atoms with Crippen LogP contribution < -0.4 is 0 Å². The highest BCUT2D eigenvalue weighted by molar-refractivity contribution is 6.38. The lowest BCUT2D eigenvalue weighted by Crippen LogP contribution is -2.57. The molecule has 1 unspecified atom stereocenters. The third-order valence-corrected chi connectivity index (χ3v) is 5.52. The van der Waals surface area contributed by atoms with Gasteiger partial charge in [-0.3, -0.25) is 9.59 Å². The summed E-state index contributed by atoms with van der Waals surface area (Å²) in [5.41, 5.74) is -0.447. The third kappa shape index (κ3) is 2.33. The lowest BCUT2D eigenvalue weighted by Gasteiger charge is -2.44. The molecule has 0 saturated heterocycles. The van der Waals surface area contributed by atoms with Crippen molar-refractivity contribution in [3.05, 3.63) is 71.8 Å². The standard InChI is InChI=1S/C20H19ClO2/c1-19(2)13-16(22)20(18(23)17(19)21,14-9-5-3-6-10-14)15-11-7-4-8-12-15/h3-12,17H,13H2,1-2H3. The fraction of sp³-hybridized carbons (Fsp3) is 0.300. The third-order valence-electron chi connectivity index (χ3n) is 4.73. The van der Waals surface area contributed by atoms with Crippen molar-refractivity contribution in [1.82, 2.24) is 0 Å². The van der Waals surface area contributed by atoms with E-state index in [4.69, 9.17) is 11.6 Å². The molecule has 0 heterocycles. The number of rotatable bonds is 2. The van der Waals surface area contributed by atoms with Crippen molar-refractivity contribution in [3.63, 3.8) is 0 Å². The molecule has 0 aromatic heterocycles. The normalized spacial score (nSPS) is 22.8. The molecule has 2 aromatic rings. The molecule has 3 rings (SSSR count). The Labute approximate surface area is 141 Å². The summed E-state index contributed by atoms with van der Waals surface area (Å²) in [4.78, 5) is 26.5. The van der Waals surface area contributed by atoms with Gasteiger partial charge in [-0.1, -0.05) is 74.5 Å². The van der Waals surface area contributed by atoms with Gasteiger partial charge in [-0.25, -0.2) is 0 Å². The first kappa shape index (κ1) is 15.9. The van der Waals surface area contributed by atoms with Crippen molar-refractivity contribution in [2.24, 2.45) is 5.41 Å². The molecular formula is C20H19ClO2. The SMILES string of the molecule is CC1(C)CC(=O)C(c2ccccc2)(c2ccccc2)C(=O)C1Cl. The monoisotopic (exact) mass is 326 g/mol. The molecule has 3 heteroatoms. The molecule has 1 atom stereocenters. The Morgan fingerprint density at radius 3 is 1.74 bits per heavy atom. The van der Waals surface area contributed by atoms with Crippen LogP contribution in [0, 0.1) is 5.41 Å². The molecule has 1 fully saturated rings. The summed E-state index contributed by atoms with van der Waals surface area (Å²) in [5, 5.41) is -0.708. The summed E-state index contributed by atoms with van der Waals surface area (Å²) < 4.78 is 0. The van der Waals surface area contributed by atoms with E-state index in [1.807, 2.05) is 74.5 Å². The molecule has 0 amide bonds. The number of carbonyl (C=O) groups excluding carboxylic acids is 2. The fourth-order valence-electron chi connectivity index (χ4n) is 3.47. The maximum absolute atomic E-state index is 13.3. The summed E-state index contributed by atoms with van der Waals surface area (Å²) in [7, 11) is 0. The van der Waals surface area contributed by atoms with Crippen LogP contribution in [-0.4, -0.2) is 16.9 Å². The van der Waals surface area contributed by atoms with Gasteiger partial charge >= 0.3 is 0 Å². The molecule has 0 N–H and O–H groups in total. The van der Waals surface area contributed by atoms with Gasteiger partial charge in [-0.2, -0.15) is 0 Å². The van der Waals surface area contributed by atoms with E-state index < -0.39 is 16.2 Å². The summed E-state index contributed by atoms with van der Waals surface area (Å²) in [6, 6.07) is 18.5. The Hall–Kier alpha value is -1.93. The van der Waals surface area contributed by atoms with E-state index in [-0.39, 0.29) is 18.0 Å². The first-order valence-electron chi connectivity index (χ1n) is 7.73. The molecule has 0 spiro atoms. The van der Waals surface area contributed by atoms with Crippen molar-refractivity contribution in [3.8, 4) is 0 Å². The Morgan fingerprint density at radius 2 is 1.30 bits per heavy atom. The smallest absolute Gasteiger partial charge is 0.173 e. The molecule has 0 bridgehead atoms. The molecule has 0 aliphatic heterocycles. The first-order chi connectivity index (χ1) is 10.9. The summed E-state index contributed by atoms with van der Waals surface area (Å²) in [6.07, 6.45) is 0.274. The number of halogens is 1. The zero-order chi connectivity index (χ0) is 16.7. The average Bonchev–Trinajstić information content (AvgIpc) is 2.55. The quantitative estimate of drug-likeness (QED) is 0.613. The van der Waals surface area contributed by atoms with Crippen LogP contribution in [0.25, 0.3) is 0 Å². The van der Waals surface area contributed by atoms with Gasteiger partial charge in [0.15, 0.2) is 11.6 Å². The molecule has 2 aromatic carbocycles. The number of alkyl halides is 1. The second kappa shape index (κ2) is 5.61. The van der Waals surface area contributed by atoms with Crippen molar-refractivity contribution < 1.29 is 9.59 Å². The molecule has 1 saturated carbocycles. The number of benzene rings is 2. The topological polar surface area (TPSA) is 34.1 Å². The molecule has 23 heavy (non-hydrogen) atoms. The van der Waals surface area contributed by atoms with Crippen LogP contribution in [0.1, 0.15) is 31.4 Å². The Bertz CT molecular complexity index is 695. The van der Waals surface area contributed by atoms with E-state index in [1.54, 1.807) is 0 Å². The Kier molecular flexibility index (Phi) is 3.89. The van der Waals surface area contributed by atoms with Crippen LogP contribution in [0.5, 0.6) is 0 Å². The van der Waals surface area contributed by atoms with E-state index >= 15 is 0 Å². The van der Waals surface area contributed by atoms with Crippen molar-refractivity contribution in [2.45, 2.75) is 31.1 Å². The summed E-state index contributed by atoms with van der Waals surface area (Å²) in [6.45, 7) is 3.75. The van der Waals surface area contributed by atoms with Crippen LogP contribution >= 0.6 is 11.6 Å². The van der Waals surface area contributed by atoms with Gasteiger partial charge < -0.3 is 0 Å². The number of ketones is 2. The van der Waals surface area contributed by atoms with Gasteiger partial charge in [-0.15, -0.1) is 11.6 Å². The van der Waals surface area contributed by atoms with E-state index in [1.165, 1.54) is 0 Å². The molecular weight excluding hydrogens is 308 g/mol. The molecule has 1 aliphatic carbocycles. The minimum atomic E-state index is -1.30. The van der Waals surface area contributed by atoms with Crippen LogP contribution in [-0.2, 0) is 15.0 Å². The van der Waals surface area contributed by atoms with Crippen molar-refractivity contribution >= 4 is 23.2 Å². The highest BCUT2D eigenvalue weighted by Gasteiger charge is 2.58. The van der Waals surface area contributed by atoms with Crippen LogP contribution in [0.15, 0.2) is 60.7 Å². The number of carbonyl (C=O) groups is 2. The molecule has 1 aliphatic rings. The Morgan fingerprint density at radius 1 is 0.870 bits per heavy atom. The largest absolute Gasteiger partial charge is 0.298 e. The maximum atomic E-state index is 13.3. The fourth-order valence-corrected chi connectivity index (χ4v) is 3.71. The highest BCUT2D eigenvalue weighted by Crippen LogP contribution is 2.47. The first-order valence-corrected chi connectivity index (χ1v) is 8.17. The predicted octanol–water partition coefficient (Wildman–Crippen LogP) is 4.15. The molecule has 118 valence electrons. The van der Waals surface area contributed by atoms with E-state index in [2.05, 4.69) is 0 Å². The van der Waals surface area contributed by atoms with Gasteiger partial charge in [0.25, 0.3) is 0 Å². The van der Waals surface area contributed by atoms with E-state index in [0.29, 0.717) is 11.1 Å². The summed E-state index contributed by atoms with van der Waals surface area (Å²) >= 11 is 6.51. The lowest BCUT2D eigenvalue weighted by molar-refractivity contribution is -0.139. The molecule has 2 nitrogen and oxygen atoms in total. The average molecular weight is 327 g/mol. The number of Topliss-reactive ketones (excluding diaryl/α,β-unsaturated/α-hetero) is 2. The van der Waals surface area contributed by atoms with Gasteiger partial charge in [0.2, 0.25) is 0 Å². The van der Waals surface area contributed by atoms with Crippen molar-refractivity contribution in [1.29, 1.82) is 0 Å². The van der Waals surface area contributed by atoms with Crippen LogP contribution in [0.3, 0.4) is 0 Å². The zero-order valence-corrected chi connectivity index (χ0v) is 14.0. The highest BCUT2D eigenvalue weighted by atomic mass is 35.5. The zero-order valence-electron chi connectivity index (χ0n) is 13.3. The summed E-state index contributed by atoms with van der Waals surface area (Å²) in [5.74, 6) is -0.306. The van der Waals surface area contributed by atoms with Gasteiger partial charge in [0.05, 0.1) is 5.38 Å². The van der Waals surface area contributed by atoms with Gasteiger partial charge in [0, 0.05) is 6.42 Å². The van der Waals surface area contributed by atoms with Crippen molar-refractivity contribution in [2.75, 3.05) is 0 Å². The Balaban J connectivity index is 2.30. The number of hydrogen-bond donors (Lipinski definition) is 0. The predicted molar refractivity (Wildman–Crippen MR) is 91.7 cm³/mol. The molecule has 0 radical (unpaired) electrons. The second-order valence-electron chi connectivity index (χ2n) is 6.80. The minimum absolute atomic E-state index is 0.0817. The van der Waals surface area contributed by atoms with E-state index in [0.717, 1.165) is 0 Å². The van der Waals surface area contributed by atoms with Crippen LogP contribution in [0.4, 0.5) is 0 Å². The van der Waals surface area contributed by atoms with Gasteiger partial charge in [-0.05, 0) is 16.5 Å². The lowest BCUT2D eigenvalue weighted by atomic mass is 9.58. The van der Waals surface area contributed by atoms with Gasteiger partial charge in [0.1, 0.15) is 5.41 Å². The number of hydrogen-bond acceptors (Lipinski definition) is 2. The minimum Gasteiger partial charge on any atom is -0.298 e. The van der Waals surface area contributed by atoms with Crippen LogP contribution in [0.2, 0.25) is 0 Å². The maximum Gasteiger partial charge on any atom is 0.173 e.